The van der Waals surface area contributed by atoms with Gasteiger partial charge in [-0.2, -0.15) is 0 Å². The quantitative estimate of drug-likeness (QED) is 0.493. The van der Waals surface area contributed by atoms with Crippen LogP contribution in [0.2, 0.25) is 0 Å². The zero-order valence-electron chi connectivity index (χ0n) is 12.4. The standard InChI is InChI=1S/C9H14N2OS.C7H6O/c1-7-4-5-8(11-13-12-3)9(6-7)10-2;8-6-7-4-2-1-3-5-7/h4-6,10-11H,1-3H3;1-6H. The lowest BCUT2D eigenvalue weighted by atomic mass is 10.2. The molecule has 0 spiro atoms. The van der Waals surface area contributed by atoms with Gasteiger partial charge in [0.25, 0.3) is 0 Å². The fourth-order valence-electron chi connectivity index (χ4n) is 1.57. The second-order valence-electron chi connectivity index (χ2n) is 4.18. The van der Waals surface area contributed by atoms with Gasteiger partial charge in [-0.1, -0.05) is 36.4 Å². The van der Waals surface area contributed by atoms with Crippen LogP contribution in [-0.2, 0) is 4.18 Å². The summed E-state index contributed by atoms with van der Waals surface area (Å²) in [4.78, 5) is 10.0. The Morgan fingerprint density at radius 3 is 2.33 bits per heavy atom. The van der Waals surface area contributed by atoms with Crippen molar-refractivity contribution in [1.29, 1.82) is 0 Å². The summed E-state index contributed by atoms with van der Waals surface area (Å²) >= 11 is 1.21. The number of benzene rings is 2. The molecule has 2 aromatic carbocycles. The number of carbonyl (C=O) groups is 1. The molecule has 0 amide bonds. The Balaban J connectivity index is 0.000000235. The monoisotopic (exact) mass is 304 g/mol. The van der Waals surface area contributed by atoms with E-state index in [1.165, 1.54) is 17.8 Å². The molecule has 4 nitrogen and oxygen atoms in total. The second-order valence-corrected chi connectivity index (χ2v) is 4.88. The van der Waals surface area contributed by atoms with Crippen LogP contribution in [0.5, 0.6) is 0 Å². The van der Waals surface area contributed by atoms with E-state index in [4.69, 9.17) is 4.18 Å². The summed E-state index contributed by atoms with van der Waals surface area (Å²) in [7, 11) is 3.53. The van der Waals surface area contributed by atoms with Crippen LogP contribution in [-0.4, -0.2) is 20.4 Å². The Hall–Kier alpha value is -1.98. The van der Waals surface area contributed by atoms with Gasteiger partial charge in [-0.15, -0.1) is 0 Å². The van der Waals surface area contributed by atoms with Crippen LogP contribution in [0.25, 0.3) is 0 Å². The van der Waals surface area contributed by atoms with E-state index in [0.29, 0.717) is 0 Å². The van der Waals surface area contributed by atoms with Crippen molar-refractivity contribution >= 4 is 29.9 Å². The van der Waals surface area contributed by atoms with Crippen LogP contribution >= 0.6 is 12.2 Å². The average Bonchev–Trinajstić information content (AvgIpc) is 2.55. The summed E-state index contributed by atoms with van der Waals surface area (Å²) in [5.41, 5.74) is 4.06. The summed E-state index contributed by atoms with van der Waals surface area (Å²) in [5.74, 6) is 0. The average molecular weight is 304 g/mol. The molecule has 0 fully saturated rings. The van der Waals surface area contributed by atoms with Crippen LogP contribution in [0.4, 0.5) is 11.4 Å². The first-order valence-electron chi connectivity index (χ1n) is 6.45. The predicted octanol–water partition coefficient (Wildman–Crippen LogP) is 4.16. The molecule has 0 atom stereocenters. The van der Waals surface area contributed by atoms with Gasteiger partial charge in [-0.25, -0.2) is 0 Å². The lowest BCUT2D eigenvalue weighted by Crippen LogP contribution is -1.95. The van der Waals surface area contributed by atoms with Crippen molar-refractivity contribution in [3.8, 4) is 0 Å². The van der Waals surface area contributed by atoms with Gasteiger partial charge >= 0.3 is 0 Å². The fourth-order valence-corrected chi connectivity index (χ4v) is 1.92. The fraction of sp³-hybridized carbons (Fsp3) is 0.188. The number of rotatable bonds is 5. The molecule has 0 saturated carbocycles. The van der Waals surface area contributed by atoms with Gasteiger partial charge in [0.15, 0.2) is 0 Å². The zero-order valence-corrected chi connectivity index (χ0v) is 13.2. The van der Waals surface area contributed by atoms with E-state index in [9.17, 15) is 4.79 Å². The van der Waals surface area contributed by atoms with Crippen LogP contribution in [0.1, 0.15) is 15.9 Å². The summed E-state index contributed by atoms with van der Waals surface area (Å²) in [6, 6.07) is 15.3. The minimum atomic E-state index is 0.729. The summed E-state index contributed by atoms with van der Waals surface area (Å²) in [5, 5.41) is 3.11. The molecule has 0 bridgehead atoms. The Morgan fingerprint density at radius 2 is 1.81 bits per heavy atom. The van der Waals surface area contributed by atoms with E-state index in [2.05, 4.69) is 29.1 Å². The maximum Gasteiger partial charge on any atom is 0.150 e. The number of hydrogen-bond donors (Lipinski definition) is 2. The predicted molar refractivity (Wildman–Crippen MR) is 90.8 cm³/mol. The van der Waals surface area contributed by atoms with Crippen LogP contribution in [0.3, 0.4) is 0 Å². The third-order valence-electron chi connectivity index (χ3n) is 2.62. The lowest BCUT2D eigenvalue weighted by Gasteiger charge is -2.10. The van der Waals surface area contributed by atoms with Crippen LogP contribution in [0.15, 0.2) is 48.5 Å². The van der Waals surface area contributed by atoms with Gasteiger partial charge in [0.2, 0.25) is 0 Å². The molecular formula is C16H20N2O2S. The highest BCUT2D eigenvalue weighted by Crippen LogP contribution is 2.24. The van der Waals surface area contributed by atoms with Crippen molar-refractivity contribution in [2.75, 3.05) is 24.2 Å². The van der Waals surface area contributed by atoms with Crippen molar-refractivity contribution in [2.24, 2.45) is 0 Å². The molecule has 0 aliphatic carbocycles. The van der Waals surface area contributed by atoms with Crippen LogP contribution < -0.4 is 10.0 Å². The first-order valence-corrected chi connectivity index (χ1v) is 7.19. The highest BCUT2D eigenvalue weighted by molar-refractivity contribution is 7.96. The van der Waals surface area contributed by atoms with Crippen molar-refractivity contribution in [3.63, 3.8) is 0 Å². The molecule has 112 valence electrons. The topological polar surface area (TPSA) is 50.4 Å². The van der Waals surface area contributed by atoms with E-state index >= 15 is 0 Å². The number of nitrogens with one attached hydrogen (secondary N) is 2. The number of aryl methyl sites for hydroxylation is 1. The molecule has 0 unspecified atom stereocenters. The molecule has 0 aliphatic rings. The number of aldehydes is 1. The minimum Gasteiger partial charge on any atom is -0.386 e. The molecule has 0 aromatic heterocycles. The van der Waals surface area contributed by atoms with E-state index in [1.54, 1.807) is 19.2 Å². The van der Waals surface area contributed by atoms with Gasteiger partial charge in [0.1, 0.15) is 18.5 Å². The SMILES string of the molecule is CNc1cc(C)ccc1NSOC.O=Cc1ccccc1. The van der Waals surface area contributed by atoms with E-state index in [1.807, 2.05) is 31.3 Å². The van der Waals surface area contributed by atoms with Crippen molar-refractivity contribution in [1.82, 2.24) is 0 Å². The van der Waals surface area contributed by atoms with Crippen molar-refractivity contribution in [2.45, 2.75) is 6.92 Å². The number of anilines is 2. The molecule has 2 aromatic rings. The number of carbonyl (C=O) groups excluding carboxylic acids is 1. The first kappa shape index (κ1) is 17.1. The lowest BCUT2D eigenvalue weighted by molar-refractivity contribution is 0.112. The van der Waals surface area contributed by atoms with E-state index in [0.717, 1.165) is 23.2 Å². The number of hydrogen-bond acceptors (Lipinski definition) is 5. The van der Waals surface area contributed by atoms with Gasteiger partial charge in [-0.3, -0.25) is 4.79 Å². The molecule has 2 N–H and O–H groups in total. The molecule has 2 rings (SSSR count). The maximum atomic E-state index is 10.0. The maximum absolute atomic E-state index is 10.0. The Bertz CT molecular complexity index is 547. The molecule has 0 saturated heterocycles. The van der Waals surface area contributed by atoms with Crippen molar-refractivity contribution < 1.29 is 8.98 Å². The Morgan fingerprint density at radius 1 is 1.10 bits per heavy atom. The van der Waals surface area contributed by atoms with Gasteiger partial charge < -0.3 is 14.2 Å². The zero-order chi connectivity index (χ0) is 15.5. The molecular weight excluding hydrogens is 284 g/mol. The summed E-state index contributed by atoms with van der Waals surface area (Å²) in [6.07, 6.45) is 0.833. The highest BCUT2D eigenvalue weighted by Gasteiger charge is 1.99. The summed E-state index contributed by atoms with van der Waals surface area (Å²) < 4.78 is 7.93. The third-order valence-corrected chi connectivity index (χ3v) is 3.08. The van der Waals surface area contributed by atoms with Gasteiger partial charge in [0, 0.05) is 12.6 Å². The summed E-state index contributed by atoms with van der Waals surface area (Å²) in [6.45, 7) is 2.06. The van der Waals surface area contributed by atoms with Gasteiger partial charge in [-0.05, 0) is 24.6 Å². The highest BCUT2D eigenvalue weighted by atomic mass is 32.2. The molecule has 0 heterocycles. The van der Waals surface area contributed by atoms with Crippen molar-refractivity contribution in [3.05, 3.63) is 59.7 Å². The molecule has 0 aliphatic heterocycles. The van der Waals surface area contributed by atoms with Gasteiger partial charge in [0.05, 0.1) is 18.5 Å². The smallest absolute Gasteiger partial charge is 0.150 e. The van der Waals surface area contributed by atoms with E-state index in [-0.39, 0.29) is 0 Å². The Kier molecular flexibility index (Phi) is 8.01. The molecule has 21 heavy (non-hydrogen) atoms. The molecule has 0 radical (unpaired) electrons. The van der Waals surface area contributed by atoms with Crippen LogP contribution in [0, 0.1) is 6.92 Å². The first-order chi connectivity index (χ1) is 10.2. The minimum absolute atomic E-state index is 0.729. The molecule has 5 heteroatoms. The Labute approximate surface area is 130 Å². The third kappa shape index (κ3) is 6.33. The largest absolute Gasteiger partial charge is 0.386 e. The normalized spacial score (nSPS) is 9.29. The second kappa shape index (κ2) is 9.85. The van der Waals surface area contributed by atoms with E-state index < -0.39 is 0 Å².